The van der Waals surface area contributed by atoms with Gasteiger partial charge in [0.05, 0.1) is 5.69 Å². The Hall–Kier alpha value is -1.78. The molecule has 0 aliphatic heterocycles. The number of nitrogens with zero attached hydrogens (tertiary/aromatic N) is 3. The van der Waals surface area contributed by atoms with Gasteiger partial charge < -0.3 is 5.73 Å². The van der Waals surface area contributed by atoms with Crippen LogP contribution in [0.2, 0.25) is 0 Å². The zero-order valence-corrected chi connectivity index (χ0v) is 11.1. The number of nitrogens with two attached hydrogens (primary N) is 1. The summed E-state index contributed by atoms with van der Waals surface area (Å²) in [5.74, 6) is 0. The fourth-order valence-electron chi connectivity index (χ4n) is 2.01. The fourth-order valence-corrected chi connectivity index (χ4v) is 2.01. The topological polar surface area (TPSA) is 55.0 Å². The van der Waals surface area contributed by atoms with Crippen molar-refractivity contribution in [3.05, 3.63) is 60.2 Å². The summed E-state index contributed by atoms with van der Waals surface area (Å²) in [5.41, 5.74) is 7.91. The van der Waals surface area contributed by atoms with E-state index in [4.69, 9.17) is 5.73 Å². The van der Waals surface area contributed by atoms with E-state index < -0.39 is 0 Å². The molecular weight excluding hydrogens is 236 g/mol. The third-order valence-corrected chi connectivity index (χ3v) is 2.93. The van der Waals surface area contributed by atoms with Crippen LogP contribution in [0.25, 0.3) is 0 Å². The first-order valence-electron chi connectivity index (χ1n) is 6.59. The maximum absolute atomic E-state index is 5.61. The SMILES string of the molecule is NCCCN(Cc1ccccc1)Cc1cnccn1. The average Bonchev–Trinajstić information content (AvgIpc) is 2.47. The lowest BCUT2D eigenvalue weighted by molar-refractivity contribution is 0.251. The summed E-state index contributed by atoms with van der Waals surface area (Å²) in [7, 11) is 0. The molecule has 0 aliphatic carbocycles. The molecule has 0 unspecified atom stereocenters. The van der Waals surface area contributed by atoms with Crippen molar-refractivity contribution in [3.8, 4) is 0 Å². The fraction of sp³-hybridized carbons (Fsp3) is 0.333. The monoisotopic (exact) mass is 256 g/mol. The lowest BCUT2D eigenvalue weighted by Gasteiger charge is -2.21. The Morgan fingerprint density at radius 2 is 1.89 bits per heavy atom. The second-order valence-electron chi connectivity index (χ2n) is 4.54. The maximum atomic E-state index is 5.61. The van der Waals surface area contributed by atoms with Crippen LogP contribution in [0.15, 0.2) is 48.9 Å². The molecule has 2 rings (SSSR count). The van der Waals surface area contributed by atoms with Crippen molar-refractivity contribution in [2.75, 3.05) is 13.1 Å². The Morgan fingerprint density at radius 3 is 2.58 bits per heavy atom. The lowest BCUT2D eigenvalue weighted by Crippen LogP contribution is -2.26. The van der Waals surface area contributed by atoms with E-state index in [9.17, 15) is 0 Å². The Morgan fingerprint density at radius 1 is 1.05 bits per heavy atom. The van der Waals surface area contributed by atoms with Crippen molar-refractivity contribution < 1.29 is 0 Å². The molecule has 4 heteroatoms. The van der Waals surface area contributed by atoms with Gasteiger partial charge in [0.2, 0.25) is 0 Å². The smallest absolute Gasteiger partial charge is 0.0726 e. The zero-order valence-electron chi connectivity index (χ0n) is 11.1. The molecule has 0 radical (unpaired) electrons. The Labute approximate surface area is 114 Å². The van der Waals surface area contributed by atoms with E-state index in [2.05, 4.69) is 39.1 Å². The Balaban J connectivity index is 1.99. The summed E-state index contributed by atoms with van der Waals surface area (Å²) in [5, 5.41) is 0. The molecule has 2 N–H and O–H groups in total. The predicted molar refractivity (Wildman–Crippen MR) is 76.3 cm³/mol. The number of aromatic nitrogens is 2. The van der Waals surface area contributed by atoms with Crippen molar-refractivity contribution in [2.45, 2.75) is 19.5 Å². The highest BCUT2D eigenvalue weighted by Gasteiger charge is 2.07. The van der Waals surface area contributed by atoms with Gasteiger partial charge in [-0.15, -0.1) is 0 Å². The summed E-state index contributed by atoms with van der Waals surface area (Å²) >= 11 is 0. The number of hydrogen-bond donors (Lipinski definition) is 1. The summed E-state index contributed by atoms with van der Waals surface area (Å²) < 4.78 is 0. The molecule has 0 amide bonds. The second kappa shape index (κ2) is 7.61. The van der Waals surface area contributed by atoms with Crippen LogP contribution in [0.5, 0.6) is 0 Å². The first-order chi connectivity index (χ1) is 9.38. The van der Waals surface area contributed by atoms with Crippen molar-refractivity contribution >= 4 is 0 Å². The Kier molecular flexibility index (Phi) is 5.47. The van der Waals surface area contributed by atoms with Crippen LogP contribution in [0.4, 0.5) is 0 Å². The summed E-state index contributed by atoms with van der Waals surface area (Å²) in [6, 6.07) is 10.5. The largest absolute Gasteiger partial charge is 0.330 e. The molecule has 0 spiro atoms. The van der Waals surface area contributed by atoms with E-state index in [1.807, 2.05) is 12.3 Å². The minimum Gasteiger partial charge on any atom is -0.330 e. The molecular formula is C15H20N4. The molecule has 2 aromatic rings. The highest BCUT2D eigenvalue weighted by atomic mass is 15.1. The van der Waals surface area contributed by atoms with Gasteiger partial charge >= 0.3 is 0 Å². The van der Waals surface area contributed by atoms with E-state index in [0.717, 1.165) is 31.7 Å². The first kappa shape index (κ1) is 13.6. The van der Waals surface area contributed by atoms with Gasteiger partial charge in [-0.2, -0.15) is 0 Å². The summed E-state index contributed by atoms with van der Waals surface area (Å²) in [6.45, 7) is 3.41. The van der Waals surface area contributed by atoms with Gasteiger partial charge in [-0.3, -0.25) is 14.9 Å². The molecule has 0 saturated carbocycles. The minimum absolute atomic E-state index is 0.714. The van der Waals surface area contributed by atoms with Gasteiger partial charge in [-0.05, 0) is 18.5 Å². The molecule has 1 aromatic carbocycles. The van der Waals surface area contributed by atoms with Crippen molar-refractivity contribution in [2.24, 2.45) is 5.73 Å². The third kappa shape index (κ3) is 4.77. The van der Waals surface area contributed by atoms with Gasteiger partial charge in [0, 0.05) is 38.2 Å². The van der Waals surface area contributed by atoms with E-state index in [1.54, 1.807) is 12.4 Å². The molecule has 0 bridgehead atoms. The molecule has 0 saturated heterocycles. The summed E-state index contributed by atoms with van der Waals surface area (Å²) in [4.78, 5) is 10.8. The molecule has 1 heterocycles. The van der Waals surface area contributed by atoms with Crippen LogP contribution in [0.3, 0.4) is 0 Å². The predicted octanol–water partition coefficient (Wildman–Crippen LogP) is 1.83. The molecule has 100 valence electrons. The van der Waals surface area contributed by atoms with Gasteiger partial charge in [-0.1, -0.05) is 30.3 Å². The standard InChI is InChI=1S/C15H20N4/c16-7-4-10-19(12-14-5-2-1-3-6-14)13-15-11-17-8-9-18-15/h1-3,5-6,8-9,11H,4,7,10,12-13,16H2. The molecule has 4 nitrogen and oxygen atoms in total. The highest BCUT2D eigenvalue weighted by Crippen LogP contribution is 2.08. The van der Waals surface area contributed by atoms with Crippen LogP contribution in [-0.4, -0.2) is 28.0 Å². The summed E-state index contributed by atoms with van der Waals surface area (Å²) in [6.07, 6.45) is 6.25. The normalized spacial score (nSPS) is 10.8. The van der Waals surface area contributed by atoms with Crippen LogP contribution >= 0.6 is 0 Å². The number of benzene rings is 1. The van der Waals surface area contributed by atoms with Crippen molar-refractivity contribution in [1.82, 2.24) is 14.9 Å². The lowest BCUT2D eigenvalue weighted by atomic mass is 10.2. The van der Waals surface area contributed by atoms with Crippen LogP contribution in [0.1, 0.15) is 17.7 Å². The van der Waals surface area contributed by atoms with Crippen molar-refractivity contribution in [1.29, 1.82) is 0 Å². The molecule has 1 aromatic heterocycles. The van der Waals surface area contributed by atoms with Gasteiger partial charge in [0.15, 0.2) is 0 Å². The number of rotatable bonds is 7. The van der Waals surface area contributed by atoms with Crippen LogP contribution in [0, 0.1) is 0 Å². The van der Waals surface area contributed by atoms with Gasteiger partial charge in [-0.25, -0.2) is 0 Å². The van der Waals surface area contributed by atoms with Crippen molar-refractivity contribution in [3.63, 3.8) is 0 Å². The average molecular weight is 256 g/mol. The van der Waals surface area contributed by atoms with Crippen LogP contribution < -0.4 is 5.73 Å². The quantitative estimate of drug-likeness (QED) is 0.821. The van der Waals surface area contributed by atoms with E-state index in [0.29, 0.717) is 6.54 Å². The molecule has 19 heavy (non-hydrogen) atoms. The third-order valence-electron chi connectivity index (χ3n) is 2.93. The van der Waals surface area contributed by atoms with Crippen LogP contribution in [-0.2, 0) is 13.1 Å². The molecule has 0 aliphatic rings. The number of hydrogen-bond acceptors (Lipinski definition) is 4. The highest BCUT2D eigenvalue weighted by molar-refractivity contribution is 5.14. The van der Waals surface area contributed by atoms with E-state index in [-0.39, 0.29) is 0 Å². The first-order valence-corrected chi connectivity index (χ1v) is 6.59. The second-order valence-corrected chi connectivity index (χ2v) is 4.54. The van der Waals surface area contributed by atoms with E-state index in [1.165, 1.54) is 5.56 Å². The zero-order chi connectivity index (χ0) is 13.3. The maximum Gasteiger partial charge on any atom is 0.0726 e. The van der Waals surface area contributed by atoms with Gasteiger partial charge in [0.25, 0.3) is 0 Å². The minimum atomic E-state index is 0.714. The Bertz CT molecular complexity index is 417. The molecule has 0 fully saturated rings. The van der Waals surface area contributed by atoms with E-state index >= 15 is 0 Å². The van der Waals surface area contributed by atoms with Gasteiger partial charge in [0.1, 0.15) is 0 Å². The molecule has 0 atom stereocenters.